The summed E-state index contributed by atoms with van der Waals surface area (Å²) in [5, 5.41) is 6.34. The minimum Gasteiger partial charge on any atom is -0.422 e. The van der Waals surface area contributed by atoms with Crippen LogP contribution in [0.3, 0.4) is 0 Å². The van der Waals surface area contributed by atoms with Gasteiger partial charge < -0.3 is 10.1 Å². The Labute approximate surface area is 186 Å². The summed E-state index contributed by atoms with van der Waals surface area (Å²) in [6.07, 6.45) is 1.31. The van der Waals surface area contributed by atoms with E-state index in [1.54, 1.807) is 54.6 Å². The average molecular weight is 429 g/mol. The maximum Gasteiger partial charge on any atom is 0.343 e. The van der Waals surface area contributed by atoms with Crippen molar-refractivity contribution in [3.8, 4) is 5.75 Å². The van der Waals surface area contributed by atoms with Crippen LogP contribution in [-0.2, 0) is 9.59 Å². The van der Waals surface area contributed by atoms with E-state index in [-0.39, 0.29) is 5.75 Å². The number of benzene rings is 3. The SMILES string of the molecule is Cc1cccc(C(=O)Oc2ccccc2/C=N/NC(=O)C(=O)Nc2ccc(C)c(C)c2)c1. The molecule has 7 nitrogen and oxygen atoms in total. The monoisotopic (exact) mass is 429 g/mol. The fourth-order valence-electron chi connectivity index (χ4n) is 2.83. The Morgan fingerprint density at radius 1 is 0.844 bits per heavy atom. The number of hydrazone groups is 1. The summed E-state index contributed by atoms with van der Waals surface area (Å²) in [6.45, 7) is 5.76. The highest BCUT2D eigenvalue weighted by Gasteiger charge is 2.14. The molecule has 32 heavy (non-hydrogen) atoms. The van der Waals surface area contributed by atoms with E-state index in [2.05, 4.69) is 15.8 Å². The summed E-state index contributed by atoms with van der Waals surface area (Å²) in [6, 6.07) is 19.1. The number of anilines is 1. The molecular weight excluding hydrogens is 406 g/mol. The molecule has 0 aliphatic carbocycles. The number of hydrogen-bond acceptors (Lipinski definition) is 5. The molecule has 3 aromatic carbocycles. The Hall–Kier alpha value is -4.26. The largest absolute Gasteiger partial charge is 0.422 e. The molecule has 3 rings (SSSR count). The van der Waals surface area contributed by atoms with Crippen molar-refractivity contribution >= 4 is 29.7 Å². The second-order valence-corrected chi connectivity index (χ2v) is 7.25. The van der Waals surface area contributed by atoms with Crippen LogP contribution >= 0.6 is 0 Å². The third kappa shape index (κ3) is 5.89. The number of para-hydroxylation sites is 1. The van der Waals surface area contributed by atoms with Gasteiger partial charge in [0, 0.05) is 11.3 Å². The van der Waals surface area contributed by atoms with Gasteiger partial charge in [0.15, 0.2) is 0 Å². The molecule has 0 unspecified atom stereocenters. The first kappa shape index (κ1) is 22.4. The van der Waals surface area contributed by atoms with Gasteiger partial charge in [-0.3, -0.25) is 9.59 Å². The van der Waals surface area contributed by atoms with Crippen LogP contribution < -0.4 is 15.5 Å². The minimum atomic E-state index is -0.922. The van der Waals surface area contributed by atoms with Crippen LogP contribution in [0.2, 0.25) is 0 Å². The van der Waals surface area contributed by atoms with E-state index in [1.165, 1.54) is 6.21 Å². The van der Waals surface area contributed by atoms with Crippen LogP contribution in [0.25, 0.3) is 0 Å². The van der Waals surface area contributed by atoms with Crippen molar-refractivity contribution in [3.05, 3.63) is 94.5 Å². The predicted octanol–water partition coefficient (Wildman–Crippen LogP) is 3.92. The normalized spacial score (nSPS) is 10.6. The molecule has 0 aliphatic heterocycles. The summed E-state index contributed by atoms with van der Waals surface area (Å²) < 4.78 is 5.47. The first-order chi connectivity index (χ1) is 15.3. The van der Waals surface area contributed by atoms with Crippen molar-refractivity contribution < 1.29 is 19.1 Å². The summed E-state index contributed by atoms with van der Waals surface area (Å²) in [5.41, 5.74) is 6.60. The van der Waals surface area contributed by atoms with Crippen molar-refractivity contribution in [1.29, 1.82) is 0 Å². The number of nitrogens with zero attached hydrogens (tertiary/aromatic N) is 1. The molecule has 0 saturated carbocycles. The summed E-state index contributed by atoms with van der Waals surface area (Å²) in [4.78, 5) is 36.5. The van der Waals surface area contributed by atoms with Crippen molar-refractivity contribution in [2.75, 3.05) is 5.32 Å². The molecule has 2 N–H and O–H groups in total. The van der Waals surface area contributed by atoms with Crippen molar-refractivity contribution in [2.45, 2.75) is 20.8 Å². The van der Waals surface area contributed by atoms with Gasteiger partial charge in [0.25, 0.3) is 0 Å². The van der Waals surface area contributed by atoms with E-state index in [0.29, 0.717) is 16.8 Å². The molecule has 0 aromatic heterocycles. The summed E-state index contributed by atoms with van der Waals surface area (Å²) >= 11 is 0. The fourth-order valence-corrected chi connectivity index (χ4v) is 2.83. The lowest BCUT2D eigenvalue weighted by Gasteiger charge is -2.08. The zero-order chi connectivity index (χ0) is 23.1. The van der Waals surface area contributed by atoms with Crippen molar-refractivity contribution in [1.82, 2.24) is 5.43 Å². The van der Waals surface area contributed by atoms with Gasteiger partial charge >= 0.3 is 17.8 Å². The molecule has 7 heteroatoms. The zero-order valence-corrected chi connectivity index (χ0v) is 18.0. The lowest BCUT2D eigenvalue weighted by Crippen LogP contribution is -2.32. The minimum absolute atomic E-state index is 0.275. The molecule has 0 bridgehead atoms. The first-order valence-electron chi connectivity index (χ1n) is 9.93. The number of rotatable bonds is 5. The number of carbonyl (C=O) groups excluding carboxylic acids is 3. The van der Waals surface area contributed by atoms with Gasteiger partial charge in [-0.15, -0.1) is 0 Å². The Balaban J connectivity index is 1.62. The molecule has 162 valence electrons. The number of aryl methyl sites for hydroxylation is 3. The lowest BCUT2D eigenvalue weighted by atomic mass is 10.1. The standard InChI is InChI=1S/C25H23N3O4/c1-16-7-6-9-19(13-16)25(31)32-22-10-5-4-8-20(22)15-26-28-24(30)23(29)27-21-12-11-17(2)18(3)14-21/h4-15H,1-3H3,(H,27,29)(H,28,30)/b26-15+. The maximum atomic E-state index is 12.4. The molecule has 3 aromatic rings. The van der Waals surface area contributed by atoms with Gasteiger partial charge in [0.2, 0.25) is 0 Å². The van der Waals surface area contributed by atoms with E-state index in [1.807, 2.05) is 32.9 Å². The molecule has 0 spiro atoms. The van der Waals surface area contributed by atoms with Crippen LogP contribution in [0.5, 0.6) is 5.75 Å². The van der Waals surface area contributed by atoms with Crippen LogP contribution in [0.4, 0.5) is 5.69 Å². The number of hydrogen-bond donors (Lipinski definition) is 2. The topological polar surface area (TPSA) is 96.9 Å². The van der Waals surface area contributed by atoms with E-state index in [0.717, 1.165) is 16.7 Å². The van der Waals surface area contributed by atoms with Gasteiger partial charge in [-0.2, -0.15) is 5.10 Å². The van der Waals surface area contributed by atoms with Crippen LogP contribution in [0.15, 0.2) is 71.8 Å². The quantitative estimate of drug-likeness (QED) is 0.211. The first-order valence-corrected chi connectivity index (χ1v) is 9.93. The summed E-state index contributed by atoms with van der Waals surface area (Å²) in [5.74, 6) is -2.00. The third-order valence-corrected chi connectivity index (χ3v) is 4.72. The Kier molecular flexibility index (Phi) is 7.13. The number of nitrogens with one attached hydrogen (secondary N) is 2. The van der Waals surface area contributed by atoms with Gasteiger partial charge in [-0.1, -0.05) is 35.9 Å². The Morgan fingerprint density at radius 3 is 2.38 bits per heavy atom. The lowest BCUT2D eigenvalue weighted by molar-refractivity contribution is -0.136. The highest BCUT2D eigenvalue weighted by Crippen LogP contribution is 2.18. The molecule has 0 aliphatic rings. The van der Waals surface area contributed by atoms with Crippen molar-refractivity contribution in [2.24, 2.45) is 5.10 Å². The van der Waals surface area contributed by atoms with Gasteiger partial charge in [0.05, 0.1) is 11.8 Å². The van der Waals surface area contributed by atoms with Crippen LogP contribution in [0, 0.1) is 20.8 Å². The maximum absolute atomic E-state index is 12.4. The van der Waals surface area contributed by atoms with Crippen LogP contribution in [0.1, 0.15) is 32.6 Å². The van der Waals surface area contributed by atoms with E-state index < -0.39 is 17.8 Å². The highest BCUT2D eigenvalue weighted by molar-refractivity contribution is 6.39. The summed E-state index contributed by atoms with van der Waals surface area (Å²) in [7, 11) is 0. The van der Waals surface area contributed by atoms with Gasteiger partial charge in [-0.05, 0) is 68.3 Å². The molecule has 2 amide bonds. The third-order valence-electron chi connectivity index (χ3n) is 4.72. The highest BCUT2D eigenvalue weighted by atomic mass is 16.5. The number of ether oxygens (including phenoxy) is 1. The average Bonchev–Trinajstić information content (AvgIpc) is 2.77. The second kappa shape index (κ2) is 10.2. The molecular formula is C25H23N3O4. The van der Waals surface area contributed by atoms with E-state index in [4.69, 9.17) is 4.74 Å². The second-order valence-electron chi connectivity index (χ2n) is 7.25. The molecule has 0 fully saturated rings. The van der Waals surface area contributed by atoms with E-state index >= 15 is 0 Å². The predicted molar refractivity (Wildman–Crippen MR) is 123 cm³/mol. The molecule has 0 radical (unpaired) electrons. The number of carbonyl (C=O) groups is 3. The Morgan fingerprint density at radius 2 is 1.62 bits per heavy atom. The molecule has 0 heterocycles. The zero-order valence-electron chi connectivity index (χ0n) is 18.0. The van der Waals surface area contributed by atoms with Crippen LogP contribution in [-0.4, -0.2) is 24.0 Å². The number of esters is 1. The van der Waals surface area contributed by atoms with Gasteiger partial charge in [-0.25, -0.2) is 10.2 Å². The molecule has 0 saturated heterocycles. The van der Waals surface area contributed by atoms with Crippen molar-refractivity contribution in [3.63, 3.8) is 0 Å². The van der Waals surface area contributed by atoms with Gasteiger partial charge in [0.1, 0.15) is 5.75 Å². The smallest absolute Gasteiger partial charge is 0.343 e. The number of amides is 2. The molecule has 0 atom stereocenters. The fraction of sp³-hybridized carbons (Fsp3) is 0.120. The van der Waals surface area contributed by atoms with E-state index in [9.17, 15) is 14.4 Å². The Bertz CT molecular complexity index is 1200.